The van der Waals surface area contributed by atoms with Gasteiger partial charge in [0, 0.05) is 11.3 Å². The Morgan fingerprint density at radius 3 is 2.56 bits per heavy atom. The predicted molar refractivity (Wildman–Crippen MR) is 49.7 cm³/mol. The van der Waals surface area contributed by atoms with Crippen molar-refractivity contribution in [1.82, 2.24) is 4.90 Å². The first kappa shape index (κ1) is 12.1. The normalized spacial score (nSPS) is 28.6. The Balaban J connectivity index is 2.86. The van der Waals surface area contributed by atoms with Crippen LogP contribution in [0.25, 0.3) is 10.4 Å². The second-order valence-electron chi connectivity index (χ2n) is 3.58. The maximum Gasteiger partial charge on any atom is 0.408 e. The lowest BCUT2D eigenvalue weighted by Crippen LogP contribution is -2.40. The minimum absolute atomic E-state index is 0.284. The van der Waals surface area contributed by atoms with Crippen molar-refractivity contribution in [3.63, 3.8) is 0 Å². The highest BCUT2D eigenvalue weighted by Gasteiger charge is 2.47. The summed E-state index contributed by atoms with van der Waals surface area (Å²) in [5, 5.41) is 30.5. The average Bonchev–Trinajstić information content (AvgIpc) is 2.55. The Morgan fingerprint density at radius 2 is 2.19 bits per heavy atom. The quantitative estimate of drug-likeness (QED) is 0.350. The molecule has 0 aliphatic carbocycles. The summed E-state index contributed by atoms with van der Waals surface area (Å²) in [6.07, 6.45) is -1.71. The van der Waals surface area contributed by atoms with Crippen LogP contribution in [0.4, 0.5) is 4.79 Å². The molecule has 16 heavy (non-hydrogen) atoms. The molecule has 1 saturated heterocycles. The number of aliphatic hydroxyl groups is 1. The van der Waals surface area contributed by atoms with Crippen molar-refractivity contribution < 1.29 is 24.9 Å². The van der Waals surface area contributed by atoms with E-state index in [0.29, 0.717) is 4.90 Å². The van der Waals surface area contributed by atoms with Gasteiger partial charge >= 0.3 is 12.1 Å². The smallest absolute Gasteiger partial charge is 0.408 e. The number of hydrogen-bond acceptors (Lipinski definition) is 4. The van der Waals surface area contributed by atoms with E-state index in [-0.39, 0.29) is 19.5 Å². The third-order valence-electron chi connectivity index (χ3n) is 2.37. The number of azide groups is 1. The van der Waals surface area contributed by atoms with Gasteiger partial charge in [-0.2, -0.15) is 0 Å². The molecular weight excluding hydrogens is 220 g/mol. The third kappa shape index (κ3) is 2.33. The fourth-order valence-electron chi connectivity index (χ4n) is 1.66. The van der Waals surface area contributed by atoms with Crippen LogP contribution in [0.2, 0.25) is 0 Å². The molecule has 0 aromatic carbocycles. The van der Waals surface area contributed by atoms with Crippen LogP contribution in [0.1, 0.15) is 6.42 Å². The third-order valence-corrected chi connectivity index (χ3v) is 2.37. The van der Waals surface area contributed by atoms with E-state index in [1.165, 1.54) is 0 Å². The fourth-order valence-corrected chi connectivity index (χ4v) is 1.66. The monoisotopic (exact) mass is 230 g/mol. The number of nitrogens with zero attached hydrogens (tertiary/aromatic N) is 4. The molecule has 3 N–H and O–H groups in total. The fraction of sp³-hybridized carbons (Fsp3) is 0.714. The van der Waals surface area contributed by atoms with E-state index in [0.717, 1.165) is 0 Å². The Labute approximate surface area is 89.5 Å². The standard InChI is InChI=1S/C7H10N4O5/c8-10-9-2-7(16)1-4(5(12)13)11(3-7)6(14)15/h4,16H,1-3H2,(H,12,13)(H,14,15)/t4-,7-/m0/s1. The Morgan fingerprint density at radius 1 is 1.56 bits per heavy atom. The van der Waals surface area contributed by atoms with E-state index in [4.69, 9.17) is 15.7 Å². The number of carbonyl (C=O) groups is 2. The molecule has 9 heteroatoms. The minimum atomic E-state index is -1.60. The van der Waals surface area contributed by atoms with Crippen molar-refractivity contribution in [2.24, 2.45) is 5.11 Å². The van der Waals surface area contributed by atoms with Crippen molar-refractivity contribution in [3.05, 3.63) is 10.4 Å². The van der Waals surface area contributed by atoms with Crippen molar-refractivity contribution >= 4 is 12.1 Å². The van der Waals surface area contributed by atoms with Gasteiger partial charge in [0.15, 0.2) is 0 Å². The minimum Gasteiger partial charge on any atom is -0.480 e. The molecule has 0 saturated carbocycles. The molecule has 2 atom stereocenters. The number of rotatable bonds is 3. The number of likely N-dealkylation sites (tertiary alicyclic amines) is 1. The highest BCUT2D eigenvalue weighted by Crippen LogP contribution is 2.27. The molecule has 1 rings (SSSR count). The zero-order valence-electron chi connectivity index (χ0n) is 8.15. The average molecular weight is 230 g/mol. The zero-order chi connectivity index (χ0) is 12.3. The molecule has 1 amide bonds. The van der Waals surface area contributed by atoms with E-state index in [2.05, 4.69) is 10.0 Å². The molecule has 0 bridgehead atoms. The first-order valence-corrected chi connectivity index (χ1v) is 4.35. The topological polar surface area (TPSA) is 147 Å². The number of amides is 1. The van der Waals surface area contributed by atoms with Gasteiger partial charge < -0.3 is 15.3 Å². The Hall–Kier alpha value is -1.99. The van der Waals surface area contributed by atoms with E-state index < -0.39 is 23.7 Å². The zero-order valence-corrected chi connectivity index (χ0v) is 8.15. The lowest BCUT2D eigenvalue weighted by atomic mass is 10.0. The molecule has 1 fully saturated rings. The lowest BCUT2D eigenvalue weighted by molar-refractivity contribution is -0.141. The van der Waals surface area contributed by atoms with E-state index in [1.54, 1.807) is 0 Å². The molecule has 88 valence electrons. The molecule has 9 nitrogen and oxygen atoms in total. The van der Waals surface area contributed by atoms with Gasteiger partial charge in [0.2, 0.25) is 0 Å². The van der Waals surface area contributed by atoms with E-state index in [9.17, 15) is 14.7 Å². The van der Waals surface area contributed by atoms with Crippen molar-refractivity contribution in [2.75, 3.05) is 13.1 Å². The Kier molecular flexibility index (Phi) is 3.21. The van der Waals surface area contributed by atoms with Crippen LogP contribution in [0.5, 0.6) is 0 Å². The van der Waals surface area contributed by atoms with Gasteiger partial charge in [-0.25, -0.2) is 9.59 Å². The Bertz CT molecular complexity index is 342. The number of carboxylic acids is 1. The van der Waals surface area contributed by atoms with Crippen LogP contribution in [0.15, 0.2) is 5.11 Å². The van der Waals surface area contributed by atoms with Gasteiger partial charge in [0.1, 0.15) is 6.04 Å². The van der Waals surface area contributed by atoms with Crippen molar-refractivity contribution in [1.29, 1.82) is 0 Å². The van der Waals surface area contributed by atoms with Gasteiger partial charge in [0.05, 0.1) is 18.7 Å². The molecule has 0 aromatic rings. The largest absolute Gasteiger partial charge is 0.480 e. The molecule has 1 heterocycles. The van der Waals surface area contributed by atoms with E-state index in [1.807, 2.05) is 0 Å². The molecule has 0 unspecified atom stereocenters. The lowest BCUT2D eigenvalue weighted by Gasteiger charge is -2.19. The van der Waals surface area contributed by atoms with Crippen molar-refractivity contribution in [3.8, 4) is 0 Å². The number of hydrogen-bond donors (Lipinski definition) is 3. The molecule has 1 aliphatic heterocycles. The number of β-amino-alcohol motifs (C(OH)–C–C–N with tert-alkyl or cyclic N) is 1. The van der Waals surface area contributed by atoms with Crippen LogP contribution in [0, 0.1) is 0 Å². The molecule has 0 aromatic heterocycles. The summed E-state index contributed by atoms with van der Waals surface area (Å²) in [6, 6.07) is -1.31. The maximum absolute atomic E-state index is 10.8. The molecule has 0 spiro atoms. The van der Waals surface area contributed by atoms with Crippen LogP contribution in [-0.2, 0) is 4.79 Å². The summed E-state index contributed by atoms with van der Waals surface area (Å²) in [5.74, 6) is -1.33. The summed E-state index contributed by atoms with van der Waals surface area (Å²) < 4.78 is 0. The molecular formula is C7H10N4O5. The maximum atomic E-state index is 10.8. The summed E-state index contributed by atoms with van der Waals surface area (Å²) >= 11 is 0. The van der Waals surface area contributed by atoms with Crippen LogP contribution >= 0.6 is 0 Å². The van der Waals surface area contributed by atoms with Gasteiger partial charge in [0.25, 0.3) is 0 Å². The molecule has 1 aliphatic rings. The summed E-state index contributed by atoms with van der Waals surface area (Å²) in [7, 11) is 0. The van der Waals surface area contributed by atoms with Gasteiger partial charge in [-0.3, -0.25) is 4.90 Å². The van der Waals surface area contributed by atoms with Gasteiger partial charge in [-0.15, -0.1) is 0 Å². The number of aliphatic carboxylic acids is 1. The van der Waals surface area contributed by atoms with Crippen LogP contribution < -0.4 is 0 Å². The predicted octanol–water partition coefficient (Wildman–Crippen LogP) is -0.135. The first-order chi connectivity index (χ1) is 7.39. The SMILES string of the molecule is [N-]=[N+]=NC[C@@]1(O)C[C@@H](C(=O)O)N(C(=O)O)C1. The van der Waals surface area contributed by atoms with Gasteiger partial charge in [-0.1, -0.05) is 5.11 Å². The second-order valence-corrected chi connectivity index (χ2v) is 3.58. The summed E-state index contributed by atoms with van der Waals surface area (Å²) in [5.41, 5.74) is 6.49. The highest BCUT2D eigenvalue weighted by molar-refractivity contribution is 5.80. The first-order valence-electron chi connectivity index (χ1n) is 4.35. The highest BCUT2D eigenvalue weighted by atomic mass is 16.4. The summed E-state index contributed by atoms with van der Waals surface area (Å²) in [6.45, 7) is -0.727. The summed E-state index contributed by atoms with van der Waals surface area (Å²) in [4.78, 5) is 24.5. The molecule has 0 radical (unpaired) electrons. The van der Waals surface area contributed by atoms with E-state index >= 15 is 0 Å². The van der Waals surface area contributed by atoms with Crippen LogP contribution in [0.3, 0.4) is 0 Å². The second kappa shape index (κ2) is 4.25. The van der Waals surface area contributed by atoms with Crippen molar-refractivity contribution in [2.45, 2.75) is 18.1 Å². The van der Waals surface area contributed by atoms with Crippen LogP contribution in [-0.4, -0.2) is 57.0 Å². The van der Waals surface area contributed by atoms with Gasteiger partial charge in [-0.05, 0) is 5.53 Å². The number of carboxylic acid groups (broad SMARTS) is 2.